The van der Waals surface area contributed by atoms with Crippen LogP contribution in [0.3, 0.4) is 0 Å². The molecule has 2 amide bonds. The molecule has 4 heteroatoms. The molecule has 1 aromatic rings. The van der Waals surface area contributed by atoms with Crippen LogP contribution in [0.1, 0.15) is 44.7 Å². The molecular weight excluding hydrogens is 290 g/mol. The van der Waals surface area contributed by atoms with Gasteiger partial charge in [0, 0.05) is 0 Å². The number of carbonyl (C=O) groups is 2. The number of cyclic esters (lactones) is 1. The minimum atomic E-state index is -0.556. The molecule has 23 heavy (non-hydrogen) atoms. The Morgan fingerprint density at radius 3 is 2.83 bits per heavy atom. The van der Waals surface area contributed by atoms with E-state index in [0.717, 1.165) is 18.4 Å². The average molecular weight is 313 g/mol. The number of hydrogen-bond donors (Lipinski definition) is 0. The van der Waals surface area contributed by atoms with Crippen molar-refractivity contribution in [2.24, 2.45) is 5.92 Å². The van der Waals surface area contributed by atoms with Crippen molar-refractivity contribution >= 4 is 12.0 Å². The Kier molecular flexibility index (Phi) is 6.19. The maximum atomic E-state index is 12.9. The van der Waals surface area contributed by atoms with Crippen molar-refractivity contribution in [2.75, 3.05) is 6.61 Å². The van der Waals surface area contributed by atoms with Gasteiger partial charge < -0.3 is 4.74 Å². The van der Waals surface area contributed by atoms with Crippen LogP contribution in [-0.4, -0.2) is 23.5 Å². The van der Waals surface area contributed by atoms with Crippen LogP contribution < -0.4 is 0 Å². The van der Waals surface area contributed by atoms with E-state index >= 15 is 0 Å². The summed E-state index contributed by atoms with van der Waals surface area (Å²) in [4.78, 5) is 26.3. The number of nitrogens with zero attached hydrogens (tertiary/aromatic N) is 1. The van der Waals surface area contributed by atoms with E-state index in [1.807, 2.05) is 37.3 Å². The van der Waals surface area contributed by atoms with Gasteiger partial charge in [0.25, 0.3) is 0 Å². The molecule has 1 aliphatic heterocycles. The molecule has 1 saturated heterocycles. The topological polar surface area (TPSA) is 46.6 Å². The van der Waals surface area contributed by atoms with Crippen molar-refractivity contribution in [1.82, 2.24) is 4.90 Å². The molecule has 0 radical (unpaired) electrons. The van der Waals surface area contributed by atoms with Crippen LogP contribution in [0.5, 0.6) is 0 Å². The molecule has 1 fully saturated rings. The van der Waals surface area contributed by atoms with Gasteiger partial charge >= 0.3 is 6.09 Å². The summed E-state index contributed by atoms with van der Waals surface area (Å²) in [6, 6.07) is 9.18. The van der Waals surface area contributed by atoms with Crippen molar-refractivity contribution in [2.45, 2.75) is 39.2 Å². The number of amides is 2. The minimum absolute atomic E-state index is 0.204. The SMILES string of the molecule is CC=C=C[C@H](CCCC)C(=O)N1C(=O)OC[C@H]1c1ccccc1. The standard InChI is InChI=1S/C19H23NO3/c1-3-5-10-16(11-6-4-2)18(21)20-17(14-23-19(20)22)15-12-8-7-9-13-15/h3,7-10,12-13,16-17H,4,6,11,14H2,1-2H3/t5?,16-,17+/m1/s1. The Bertz CT molecular complexity index is 602. The lowest BCUT2D eigenvalue weighted by atomic mass is 9.98. The van der Waals surface area contributed by atoms with Crippen LogP contribution in [0.25, 0.3) is 0 Å². The Morgan fingerprint density at radius 2 is 2.17 bits per heavy atom. The second-order valence-electron chi connectivity index (χ2n) is 5.58. The number of carbonyl (C=O) groups excluding carboxylic acids is 2. The molecule has 0 spiro atoms. The van der Waals surface area contributed by atoms with Gasteiger partial charge in [0.15, 0.2) is 0 Å². The zero-order valence-corrected chi connectivity index (χ0v) is 13.7. The summed E-state index contributed by atoms with van der Waals surface area (Å²) in [5, 5.41) is 0. The number of ether oxygens (including phenoxy) is 1. The quantitative estimate of drug-likeness (QED) is 0.738. The number of hydrogen-bond acceptors (Lipinski definition) is 3. The smallest absolute Gasteiger partial charge is 0.417 e. The van der Waals surface area contributed by atoms with Gasteiger partial charge in [-0.05, 0) is 31.1 Å². The highest BCUT2D eigenvalue weighted by Gasteiger charge is 2.40. The first-order valence-corrected chi connectivity index (χ1v) is 8.11. The third-order valence-corrected chi connectivity index (χ3v) is 3.94. The fourth-order valence-electron chi connectivity index (χ4n) is 2.68. The second kappa shape index (κ2) is 8.35. The van der Waals surface area contributed by atoms with Crippen molar-refractivity contribution in [1.29, 1.82) is 0 Å². The monoisotopic (exact) mass is 313 g/mol. The first kappa shape index (κ1) is 17.0. The summed E-state index contributed by atoms with van der Waals surface area (Å²) in [5.74, 6) is -0.549. The summed E-state index contributed by atoms with van der Waals surface area (Å²) in [6.45, 7) is 4.15. The largest absolute Gasteiger partial charge is 0.446 e. The number of rotatable bonds is 6. The highest BCUT2D eigenvalue weighted by Crippen LogP contribution is 2.30. The van der Waals surface area contributed by atoms with E-state index in [-0.39, 0.29) is 24.5 Å². The lowest BCUT2D eigenvalue weighted by molar-refractivity contribution is -0.132. The van der Waals surface area contributed by atoms with Crippen LogP contribution in [0.2, 0.25) is 0 Å². The van der Waals surface area contributed by atoms with Gasteiger partial charge in [0.2, 0.25) is 5.91 Å². The Labute approximate surface area is 137 Å². The molecule has 2 atom stereocenters. The molecule has 122 valence electrons. The molecule has 1 heterocycles. The molecule has 0 N–H and O–H groups in total. The fraction of sp³-hybridized carbons (Fsp3) is 0.421. The van der Waals surface area contributed by atoms with Crippen LogP contribution >= 0.6 is 0 Å². The van der Waals surface area contributed by atoms with Crippen LogP contribution in [0.15, 0.2) is 48.2 Å². The molecule has 0 saturated carbocycles. The van der Waals surface area contributed by atoms with Crippen LogP contribution in [0.4, 0.5) is 4.79 Å². The van der Waals surface area contributed by atoms with Crippen LogP contribution in [0, 0.1) is 5.92 Å². The zero-order chi connectivity index (χ0) is 16.7. The fourth-order valence-corrected chi connectivity index (χ4v) is 2.68. The normalized spacial score (nSPS) is 18.1. The van der Waals surface area contributed by atoms with Gasteiger partial charge in [0.1, 0.15) is 12.6 Å². The first-order valence-electron chi connectivity index (χ1n) is 8.11. The van der Waals surface area contributed by atoms with Crippen molar-refractivity contribution in [3.05, 3.63) is 53.8 Å². The van der Waals surface area contributed by atoms with Gasteiger partial charge in [-0.3, -0.25) is 4.79 Å². The Morgan fingerprint density at radius 1 is 1.43 bits per heavy atom. The van der Waals surface area contributed by atoms with E-state index in [1.54, 1.807) is 12.2 Å². The lowest BCUT2D eigenvalue weighted by Gasteiger charge is -2.23. The van der Waals surface area contributed by atoms with Gasteiger partial charge in [0.05, 0.1) is 5.92 Å². The summed E-state index contributed by atoms with van der Waals surface area (Å²) >= 11 is 0. The van der Waals surface area contributed by atoms with Gasteiger partial charge in [-0.1, -0.05) is 50.1 Å². The van der Waals surface area contributed by atoms with Crippen LogP contribution in [-0.2, 0) is 9.53 Å². The third-order valence-electron chi connectivity index (χ3n) is 3.94. The maximum absolute atomic E-state index is 12.9. The zero-order valence-electron chi connectivity index (χ0n) is 13.7. The molecule has 2 rings (SSSR count). The Hall–Kier alpha value is -2.32. The predicted octanol–water partition coefficient (Wildman–Crippen LogP) is 4.24. The third kappa shape index (κ3) is 4.11. The highest BCUT2D eigenvalue weighted by atomic mass is 16.6. The number of imide groups is 1. The predicted molar refractivity (Wildman–Crippen MR) is 88.7 cm³/mol. The van der Waals surface area contributed by atoms with Gasteiger partial charge in [-0.15, -0.1) is 5.73 Å². The van der Waals surface area contributed by atoms with Crippen molar-refractivity contribution in [3.8, 4) is 0 Å². The number of benzene rings is 1. The van der Waals surface area contributed by atoms with E-state index in [0.29, 0.717) is 6.42 Å². The summed E-state index contributed by atoms with van der Waals surface area (Å²) in [5.41, 5.74) is 3.89. The second-order valence-corrected chi connectivity index (χ2v) is 5.58. The van der Waals surface area contributed by atoms with Gasteiger partial charge in [-0.25, -0.2) is 9.69 Å². The number of unbranched alkanes of at least 4 members (excludes halogenated alkanes) is 1. The van der Waals surface area contributed by atoms with E-state index in [9.17, 15) is 9.59 Å². The lowest BCUT2D eigenvalue weighted by Crippen LogP contribution is -2.38. The first-order chi connectivity index (χ1) is 11.2. The molecule has 1 aliphatic rings. The van der Waals surface area contributed by atoms with Crippen molar-refractivity contribution in [3.63, 3.8) is 0 Å². The minimum Gasteiger partial charge on any atom is -0.446 e. The van der Waals surface area contributed by atoms with E-state index in [4.69, 9.17) is 4.74 Å². The molecule has 0 bridgehead atoms. The summed E-state index contributed by atoms with van der Waals surface area (Å²) < 4.78 is 5.14. The molecule has 1 aromatic carbocycles. The van der Waals surface area contributed by atoms with Crippen molar-refractivity contribution < 1.29 is 14.3 Å². The average Bonchev–Trinajstić information content (AvgIpc) is 2.97. The van der Waals surface area contributed by atoms with Gasteiger partial charge in [-0.2, -0.15) is 0 Å². The molecule has 0 aliphatic carbocycles. The summed E-state index contributed by atoms with van der Waals surface area (Å²) in [7, 11) is 0. The Balaban J connectivity index is 2.25. The molecule has 0 unspecified atom stereocenters. The maximum Gasteiger partial charge on any atom is 0.417 e. The highest BCUT2D eigenvalue weighted by molar-refractivity contribution is 5.95. The molecule has 4 nitrogen and oxygen atoms in total. The van der Waals surface area contributed by atoms with E-state index in [1.165, 1.54) is 4.90 Å². The molecular formula is C19H23NO3. The van der Waals surface area contributed by atoms with E-state index < -0.39 is 6.09 Å². The molecule has 0 aromatic heterocycles. The van der Waals surface area contributed by atoms with E-state index in [2.05, 4.69) is 12.7 Å². The summed E-state index contributed by atoms with van der Waals surface area (Å²) in [6.07, 6.45) is 5.60.